The Labute approximate surface area is 184 Å². The summed E-state index contributed by atoms with van der Waals surface area (Å²) in [5.41, 5.74) is 3.11. The highest BCUT2D eigenvalue weighted by atomic mass is 32.2. The van der Waals surface area contributed by atoms with E-state index in [4.69, 9.17) is 9.05 Å². The van der Waals surface area contributed by atoms with Crippen molar-refractivity contribution in [1.29, 1.82) is 0 Å². The molecule has 0 atom stereocenters. The predicted molar refractivity (Wildman–Crippen MR) is 118 cm³/mol. The lowest BCUT2D eigenvalue weighted by Gasteiger charge is -2.08. The number of hydrogen-bond donors (Lipinski definition) is 2. The molecule has 0 spiro atoms. The predicted octanol–water partition coefficient (Wildman–Crippen LogP) is 4.31. The van der Waals surface area contributed by atoms with Crippen molar-refractivity contribution < 1.29 is 22.3 Å². The number of sulfonamides is 1. The van der Waals surface area contributed by atoms with E-state index < -0.39 is 15.9 Å². The molecule has 0 fully saturated rings. The minimum Gasteiger partial charge on any atom is -0.360 e. The molecule has 4 rings (SSSR count). The molecule has 32 heavy (non-hydrogen) atoms. The first-order chi connectivity index (χ1) is 15.3. The van der Waals surface area contributed by atoms with Crippen molar-refractivity contribution in [1.82, 2.24) is 10.3 Å². The SMILES string of the molecule is Cc1noc(NS(=O)(=O)c2ccc(NC(=O)c3c(-c4ccccc4)noc3C)cc2)c1C. The smallest absolute Gasteiger partial charge is 0.264 e. The highest BCUT2D eigenvalue weighted by molar-refractivity contribution is 7.92. The average molecular weight is 452 g/mol. The second-order valence-corrected chi connectivity index (χ2v) is 8.82. The summed E-state index contributed by atoms with van der Waals surface area (Å²) in [6.45, 7) is 5.08. The number of nitrogens with zero attached hydrogens (tertiary/aromatic N) is 2. The molecule has 9 nitrogen and oxygen atoms in total. The molecule has 2 aromatic heterocycles. The molecule has 0 saturated carbocycles. The van der Waals surface area contributed by atoms with Gasteiger partial charge in [-0.05, 0) is 45.0 Å². The van der Waals surface area contributed by atoms with Gasteiger partial charge >= 0.3 is 0 Å². The maximum absolute atomic E-state index is 12.9. The Morgan fingerprint density at radius 2 is 1.59 bits per heavy atom. The Hall–Kier alpha value is -3.92. The van der Waals surface area contributed by atoms with Gasteiger partial charge in [0.2, 0.25) is 5.88 Å². The Kier molecular flexibility index (Phi) is 5.54. The Morgan fingerprint density at radius 3 is 2.22 bits per heavy atom. The molecular weight excluding hydrogens is 432 g/mol. The fraction of sp³-hybridized carbons (Fsp3) is 0.136. The Bertz CT molecular complexity index is 1370. The number of rotatable bonds is 6. The standard InChI is InChI=1S/C22H20N4O5S/c1-13-14(2)24-31-22(13)26-32(28,29)18-11-9-17(10-12-18)23-21(27)19-15(3)30-25-20(19)16-7-5-4-6-8-16/h4-12,26H,1-3H3,(H,23,27). The molecule has 0 unspecified atom stereocenters. The quantitative estimate of drug-likeness (QED) is 0.446. The van der Waals surface area contributed by atoms with Gasteiger partial charge in [-0.3, -0.25) is 4.79 Å². The number of anilines is 2. The van der Waals surface area contributed by atoms with Crippen molar-refractivity contribution in [3.05, 3.63) is 77.2 Å². The molecule has 0 aliphatic heterocycles. The lowest BCUT2D eigenvalue weighted by atomic mass is 10.1. The van der Waals surface area contributed by atoms with Gasteiger partial charge in [0, 0.05) is 16.8 Å². The van der Waals surface area contributed by atoms with Crippen molar-refractivity contribution >= 4 is 27.5 Å². The summed E-state index contributed by atoms with van der Waals surface area (Å²) >= 11 is 0. The number of nitrogens with one attached hydrogen (secondary N) is 2. The van der Waals surface area contributed by atoms with Gasteiger partial charge in [0.25, 0.3) is 15.9 Å². The number of aromatic nitrogens is 2. The molecule has 164 valence electrons. The zero-order valence-electron chi connectivity index (χ0n) is 17.5. The van der Waals surface area contributed by atoms with E-state index in [0.717, 1.165) is 5.56 Å². The van der Waals surface area contributed by atoms with E-state index in [2.05, 4.69) is 20.4 Å². The van der Waals surface area contributed by atoms with Gasteiger partial charge in [-0.25, -0.2) is 13.1 Å². The third-order valence-corrected chi connectivity index (χ3v) is 6.29. The van der Waals surface area contributed by atoms with Crippen molar-refractivity contribution in [2.45, 2.75) is 25.7 Å². The summed E-state index contributed by atoms with van der Waals surface area (Å²) in [7, 11) is -3.88. The second kappa shape index (κ2) is 8.31. The van der Waals surface area contributed by atoms with E-state index >= 15 is 0 Å². The minimum atomic E-state index is -3.88. The monoisotopic (exact) mass is 452 g/mol. The number of carbonyl (C=O) groups is 1. The maximum Gasteiger partial charge on any atom is 0.264 e. The van der Waals surface area contributed by atoms with Crippen LogP contribution in [-0.4, -0.2) is 24.6 Å². The highest BCUT2D eigenvalue weighted by Crippen LogP contribution is 2.27. The van der Waals surface area contributed by atoms with Crippen LogP contribution < -0.4 is 10.0 Å². The molecule has 2 heterocycles. The molecule has 2 aromatic carbocycles. The van der Waals surface area contributed by atoms with Crippen LogP contribution in [0.4, 0.5) is 11.6 Å². The highest BCUT2D eigenvalue weighted by Gasteiger charge is 2.22. The van der Waals surface area contributed by atoms with E-state index in [0.29, 0.717) is 34.0 Å². The number of benzene rings is 2. The van der Waals surface area contributed by atoms with Crippen LogP contribution in [-0.2, 0) is 10.0 Å². The molecule has 0 aliphatic carbocycles. The Balaban J connectivity index is 1.53. The van der Waals surface area contributed by atoms with Crippen molar-refractivity contribution in [2.75, 3.05) is 10.0 Å². The van der Waals surface area contributed by atoms with Crippen LogP contribution in [0.3, 0.4) is 0 Å². The molecule has 0 aliphatic rings. The van der Waals surface area contributed by atoms with E-state index in [1.807, 2.05) is 30.3 Å². The van der Waals surface area contributed by atoms with E-state index in [-0.39, 0.29) is 10.8 Å². The maximum atomic E-state index is 12.9. The van der Waals surface area contributed by atoms with Crippen LogP contribution in [0.15, 0.2) is 68.5 Å². The van der Waals surface area contributed by atoms with Gasteiger partial charge in [-0.15, -0.1) is 0 Å². The first kappa shape index (κ1) is 21.3. The van der Waals surface area contributed by atoms with E-state index in [1.54, 1.807) is 20.8 Å². The lowest BCUT2D eigenvalue weighted by Crippen LogP contribution is -2.15. The molecule has 0 bridgehead atoms. The van der Waals surface area contributed by atoms with Crippen LogP contribution in [0.2, 0.25) is 0 Å². The van der Waals surface area contributed by atoms with Gasteiger partial charge in [-0.2, -0.15) is 0 Å². The molecule has 2 N–H and O–H groups in total. The normalized spacial score (nSPS) is 11.3. The number of carbonyl (C=O) groups excluding carboxylic acids is 1. The molecule has 1 amide bonds. The summed E-state index contributed by atoms with van der Waals surface area (Å²) in [6.07, 6.45) is 0. The minimum absolute atomic E-state index is 0.00934. The van der Waals surface area contributed by atoms with Crippen molar-refractivity contribution in [2.24, 2.45) is 0 Å². The largest absolute Gasteiger partial charge is 0.360 e. The fourth-order valence-corrected chi connectivity index (χ4v) is 4.08. The number of amides is 1. The van der Waals surface area contributed by atoms with Crippen LogP contribution in [0, 0.1) is 20.8 Å². The summed E-state index contributed by atoms with van der Waals surface area (Å²) in [5, 5.41) is 10.5. The summed E-state index contributed by atoms with van der Waals surface area (Å²) in [5.74, 6) is 0.0304. The molecule has 0 saturated heterocycles. The van der Waals surface area contributed by atoms with Gasteiger partial charge in [0.1, 0.15) is 17.0 Å². The average Bonchev–Trinajstić information content (AvgIpc) is 3.32. The fourth-order valence-electron chi connectivity index (χ4n) is 3.04. The van der Waals surface area contributed by atoms with Crippen LogP contribution in [0.1, 0.15) is 27.4 Å². The zero-order valence-corrected chi connectivity index (χ0v) is 18.4. The van der Waals surface area contributed by atoms with Crippen LogP contribution in [0.25, 0.3) is 11.3 Å². The lowest BCUT2D eigenvalue weighted by molar-refractivity contribution is 0.102. The molecule has 4 aromatic rings. The van der Waals surface area contributed by atoms with Gasteiger partial charge < -0.3 is 14.4 Å². The molecule has 10 heteroatoms. The van der Waals surface area contributed by atoms with E-state index in [9.17, 15) is 13.2 Å². The number of hydrogen-bond acceptors (Lipinski definition) is 7. The Morgan fingerprint density at radius 1 is 0.906 bits per heavy atom. The van der Waals surface area contributed by atoms with Crippen LogP contribution in [0.5, 0.6) is 0 Å². The van der Waals surface area contributed by atoms with Gasteiger partial charge in [-0.1, -0.05) is 40.6 Å². The first-order valence-corrected chi connectivity index (χ1v) is 11.1. The van der Waals surface area contributed by atoms with Crippen molar-refractivity contribution in [3.8, 4) is 11.3 Å². The van der Waals surface area contributed by atoms with Gasteiger partial charge in [0.15, 0.2) is 0 Å². The molecular formula is C22H20N4O5S. The van der Waals surface area contributed by atoms with Crippen molar-refractivity contribution in [3.63, 3.8) is 0 Å². The zero-order chi connectivity index (χ0) is 22.9. The number of aryl methyl sites for hydroxylation is 2. The third kappa shape index (κ3) is 4.12. The second-order valence-electron chi connectivity index (χ2n) is 7.13. The summed E-state index contributed by atoms with van der Waals surface area (Å²) < 4.78 is 37.9. The third-order valence-electron chi connectivity index (χ3n) is 4.94. The van der Waals surface area contributed by atoms with Crippen LogP contribution >= 0.6 is 0 Å². The topological polar surface area (TPSA) is 127 Å². The first-order valence-electron chi connectivity index (χ1n) is 9.65. The van der Waals surface area contributed by atoms with E-state index in [1.165, 1.54) is 24.3 Å². The summed E-state index contributed by atoms with van der Waals surface area (Å²) in [4.78, 5) is 12.9. The van der Waals surface area contributed by atoms with Gasteiger partial charge in [0.05, 0.1) is 10.6 Å². The summed E-state index contributed by atoms with van der Waals surface area (Å²) in [6, 6.07) is 15.0. The molecule has 0 radical (unpaired) electrons.